The lowest BCUT2D eigenvalue weighted by Crippen LogP contribution is -2.04. The first-order chi connectivity index (χ1) is 15.2. The van der Waals surface area contributed by atoms with E-state index >= 15 is 0 Å². The van der Waals surface area contributed by atoms with Gasteiger partial charge in [0, 0.05) is 28.2 Å². The molecule has 0 amide bonds. The first-order valence-corrected chi connectivity index (χ1v) is 10.1. The fourth-order valence-corrected chi connectivity index (χ4v) is 3.62. The Labute approximate surface area is 178 Å². The second-order valence-electron chi connectivity index (χ2n) is 7.16. The van der Waals surface area contributed by atoms with Gasteiger partial charge in [-0.15, -0.1) is 0 Å². The van der Waals surface area contributed by atoms with Crippen LogP contribution in [0, 0.1) is 0 Å². The Morgan fingerprint density at radius 3 is 2.65 bits per heavy atom. The average molecular weight is 408 g/mol. The van der Waals surface area contributed by atoms with Crippen molar-refractivity contribution < 1.29 is 9.53 Å². The predicted molar refractivity (Wildman–Crippen MR) is 123 cm³/mol. The first-order valence-electron chi connectivity index (χ1n) is 10.1. The minimum absolute atomic E-state index is 0.313. The van der Waals surface area contributed by atoms with E-state index in [1.165, 1.54) is 0 Å². The van der Waals surface area contributed by atoms with Crippen LogP contribution in [0.15, 0.2) is 79.3 Å². The number of nitrogens with zero attached hydrogens (tertiary/aromatic N) is 2. The molecule has 0 unspecified atom stereocenters. The summed E-state index contributed by atoms with van der Waals surface area (Å²) in [6, 6.07) is 21.6. The minimum Gasteiger partial charge on any atom is -0.462 e. The molecular weight excluding hydrogens is 388 g/mol. The van der Waals surface area contributed by atoms with Crippen molar-refractivity contribution in [1.29, 1.82) is 0 Å². The van der Waals surface area contributed by atoms with Gasteiger partial charge in [-0.2, -0.15) is 0 Å². The molecule has 5 rings (SSSR count). The number of carbonyl (C=O) groups excluding carboxylic acids is 1. The van der Waals surface area contributed by atoms with Crippen LogP contribution in [0.3, 0.4) is 0 Å². The molecule has 0 radical (unpaired) electrons. The second kappa shape index (κ2) is 7.91. The van der Waals surface area contributed by atoms with E-state index < -0.39 is 0 Å². The minimum atomic E-state index is -0.313. The van der Waals surface area contributed by atoms with Gasteiger partial charge in [0.1, 0.15) is 12.1 Å². The molecule has 6 nitrogen and oxygen atoms in total. The summed E-state index contributed by atoms with van der Waals surface area (Å²) in [5, 5.41) is 5.47. The van der Waals surface area contributed by atoms with E-state index in [0.29, 0.717) is 12.2 Å². The number of fused-ring (bicyclic) bond motifs is 2. The van der Waals surface area contributed by atoms with Crippen LogP contribution < -0.4 is 5.32 Å². The predicted octanol–water partition coefficient (Wildman–Crippen LogP) is 5.70. The third kappa shape index (κ3) is 3.71. The van der Waals surface area contributed by atoms with E-state index in [2.05, 4.69) is 32.4 Å². The molecule has 0 aliphatic heterocycles. The van der Waals surface area contributed by atoms with Gasteiger partial charge in [-0.05, 0) is 66.6 Å². The van der Waals surface area contributed by atoms with E-state index in [0.717, 1.165) is 44.4 Å². The fraction of sp³-hybridized carbons (Fsp3) is 0.0800. The van der Waals surface area contributed by atoms with Crippen molar-refractivity contribution in [2.24, 2.45) is 0 Å². The summed E-state index contributed by atoms with van der Waals surface area (Å²) in [5.74, 6) is 0.428. The number of H-pyrrole nitrogens is 1. The molecule has 31 heavy (non-hydrogen) atoms. The highest BCUT2D eigenvalue weighted by molar-refractivity contribution is 5.95. The molecule has 0 aliphatic carbocycles. The Kier molecular flexibility index (Phi) is 4.80. The summed E-state index contributed by atoms with van der Waals surface area (Å²) in [6.45, 7) is 2.16. The Hall–Kier alpha value is -4.19. The van der Waals surface area contributed by atoms with Gasteiger partial charge >= 0.3 is 5.97 Å². The summed E-state index contributed by atoms with van der Waals surface area (Å²) in [6.07, 6.45) is 3.49. The van der Waals surface area contributed by atoms with Gasteiger partial charge in [-0.3, -0.25) is 0 Å². The first kappa shape index (κ1) is 18.8. The van der Waals surface area contributed by atoms with Crippen LogP contribution in [0.1, 0.15) is 17.3 Å². The topological polar surface area (TPSA) is 79.9 Å². The second-order valence-corrected chi connectivity index (χ2v) is 7.16. The van der Waals surface area contributed by atoms with Gasteiger partial charge < -0.3 is 15.0 Å². The van der Waals surface area contributed by atoms with Crippen molar-refractivity contribution in [2.75, 3.05) is 11.9 Å². The molecule has 0 saturated heterocycles. The molecule has 2 N–H and O–H groups in total. The maximum Gasteiger partial charge on any atom is 0.338 e. The molecule has 2 heterocycles. The zero-order chi connectivity index (χ0) is 21.2. The molecule has 3 aromatic carbocycles. The number of rotatable bonds is 5. The molecule has 0 saturated carbocycles. The van der Waals surface area contributed by atoms with Crippen molar-refractivity contribution in [3.8, 4) is 11.1 Å². The highest BCUT2D eigenvalue weighted by Crippen LogP contribution is 2.29. The number of esters is 1. The number of hydrogen-bond donors (Lipinski definition) is 2. The smallest absolute Gasteiger partial charge is 0.338 e. The summed E-state index contributed by atoms with van der Waals surface area (Å²) in [4.78, 5) is 24.0. The quantitative estimate of drug-likeness (QED) is 0.365. The van der Waals surface area contributed by atoms with Gasteiger partial charge in [0.05, 0.1) is 17.7 Å². The zero-order valence-electron chi connectivity index (χ0n) is 16.9. The summed E-state index contributed by atoms with van der Waals surface area (Å²) >= 11 is 0. The van der Waals surface area contributed by atoms with Crippen molar-refractivity contribution in [3.05, 3.63) is 84.8 Å². The standard InChI is InChI=1S/C25H20N4O2/c1-2-31-25(30)17-5-3-16(4-6-17)18-7-9-23-21(14-18)24(28-15-27-23)29-20-8-10-22-19(13-20)11-12-26-22/h3-15,26H,2H2,1H3,(H,27,28,29). The van der Waals surface area contributed by atoms with Crippen LogP contribution in [0.2, 0.25) is 0 Å². The number of aromatic nitrogens is 3. The van der Waals surface area contributed by atoms with Crippen LogP contribution >= 0.6 is 0 Å². The largest absolute Gasteiger partial charge is 0.462 e. The van der Waals surface area contributed by atoms with Crippen molar-refractivity contribution >= 4 is 39.3 Å². The Morgan fingerprint density at radius 1 is 0.968 bits per heavy atom. The number of aromatic amines is 1. The summed E-state index contributed by atoms with van der Waals surface area (Å²) in [5.41, 5.74) is 5.45. The van der Waals surface area contributed by atoms with Gasteiger partial charge in [0.15, 0.2) is 0 Å². The lowest BCUT2D eigenvalue weighted by atomic mass is 10.0. The van der Waals surface area contributed by atoms with Crippen molar-refractivity contribution in [2.45, 2.75) is 6.92 Å². The number of hydrogen-bond acceptors (Lipinski definition) is 5. The van der Waals surface area contributed by atoms with E-state index in [4.69, 9.17) is 4.74 Å². The molecule has 2 aromatic heterocycles. The normalized spacial score (nSPS) is 11.0. The lowest BCUT2D eigenvalue weighted by Gasteiger charge is -2.10. The molecule has 6 heteroatoms. The highest BCUT2D eigenvalue weighted by atomic mass is 16.5. The maximum absolute atomic E-state index is 11.9. The Bertz CT molecular complexity index is 1390. The van der Waals surface area contributed by atoms with Gasteiger partial charge in [0.25, 0.3) is 0 Å². The fourth-order valence-electron chi connectivity index (χ4n) is 3.62. The number of ether oxygens (including phenoxy) is 1. The molecule has 152 valence electrons. The van der Waals surface area contributed by atoms with Crippen LogP contribution in [-0.2, 0) is 4.74 Å². The summed E-state index contributed by atoms with van der Waals surface area (Å²) in [7, 11) is 0. The SMILES string of the molecule is CCOC(=O)c1ccc(-c2ccc3ncnc(Nc4ccc5[nH]ccc5c4)c3c2)cc1. The number of carbonyl (C=O) groups is 1. The molecule has 0 atom stereocenters. The highest BCUT2D eigenvalue weighted by Gasteiger charge is 2.09. The monoisotopic (exact) mass is 408 g/mol. The van der Waals surface area contributed by atoms with Crippen LogP contribution in [0.4, 0.5) is 11.5 Å². The number of benzene rings is 3. The van der Waals surface area contributed by atoms with E-state index in [-0.39, 0.29) is 5.97 Å². The van der Waals surface area contributed by atoms with E-state index in [1.807, 2.05) is 48.7 Å². The lowest BCUT2D eigenvalue weighted by molar-refractivity contribution is 0.0526. The summed E-state index contributed by atoms with van der Waals surface area (Å²) < 4.78 is 5.06. The Balaban J connectivity index is 1.49. The van der Waals surface area contributed by atoms with Crippen molar-refractivity contribution in [3.63, 3.8) is 0 Å². The molecular formula is C25H20N4O2. The third-order valence-corrected chi connectivity index (χ3v) is 5.18. The average Bonchev–Trinajstić information content (AvgIpc) is 3.27. The van der Waals surface area contributed by atoms with Gasteiger partial charge in [-0.25, -0.2) is 14.8 Å². The van der Waals surface area contributed by atoms with Gasteiger partial charge in [0.2, 0.25) is 0 Å². The van der Waals surface area contributed by atoms with Gasteiger partial charge in [-0.1, -0.05) is 18.2 Å². The van der Waals surface area contributed by atoms with Crippen LogP contribution in [-0.4, -0.2) is 27.5 Å². The van der Waals surface area contributed by atoms with E-state index in [9.17, 15) is 4.79 Å². The molecule has 0 spiro atoms. The molecule has 0 fully saturated rings. The third-order valence-electron chi connectivity index (χ3n) is 5.18. The maximum atomic E-state index is 11.9. The van der Waals surface area contributed by atoms with Crippen molar-refractivity contribution in [1.82, 2.24) is 15.0 Å². The molecule has 0 bridgehead atoms. The zero-order valence-corrected chi connectivity index (χ0v) is 16.9. The Morgan fingerprint density at radius 2 is 1.81 bits per heavy atom. The number of nitrogens with one attached hydrogen (secondary N) is 2. The number of anilines is 2. The molecule has 5 aromatic rings. The van der Waals surface area contributed by atoms with E-state index in [1.54, 1.807) is 25.4 Å². The van der Waals surface area contributed by atoms with Crippen LogP contribution in [0.25, 0.3) is 32.9 Å². The van der Waals surface area contributed by atoms with Crippen LogP contribution in [0.5, 0.6) is 0 Å². The molecule has 0 aliphatic rings.